The van der Waals surface area contributed by atoms with E-state index in [-0.39, 0.29) is 5.71 Å². The predicted octanol–water partition coefficient (Wildman–Crippen LogP) is 4.82. The van der Waals surface area contributed by atoms with Crippen LogP contribution < -0.4 is 5.43 Å². The molecular formula is C15H8Cl3N3O. The van der Waals surface area contributed by atoms with Gasteiger partial charge in [-0.15, -0.1) is 0 Å². The van der Waals surface area contributed by atoms with Crippen LogP contribution in [0.5, 0.6) is 0 Å². The maximum atomic E-state index is 12.2. The lowest BCUT2D eigenvalue weighted by atomic mass is 10.1. The predicted molar refractivity (Wildman–Crippen MR) is 88.9 cm³/mol. The molecule has 0 atom stereocenters. The zero-order chi connectivity index (χ0) is 16.1. The van der Waals surface area contributed by atoms with E-state index >= 15 is 0 Å². The lowest BCUT2D eigenvalue weighted by Crippen LogP contribution is -2.14. The largest absolute Gasteiger partial charge is 0.286 e. The monoisotopic (exact) mass is 351 g/mol. The average molecular weight is 353 g/mol. The Kier molecular flexibility index (Phi) is 5.40. The van der Waals surface area contributed by atoms with Gasteiger partial charge in [-0.2, -0.15) is 10.4 Å². The van der Waals surface area contributed by atoms with E-state index in [2.05, 4.69) is 10.5 Å². The summed E-state index contributed by atoms with van der Waals surface area (Å²) in [5.74, 6) is -0.517. The highest BCUT2D eigenvalue weighted by Crippen LogP contribution is 2.25. The van der Waals surface area contributed by atoms with Crippen molar-refractivity contribution in [1.82, 2.24) is 0 Å². The average Bonchev–Trinajstić information content (AvgIpc) is 2.50. The van der Waals surface area contributed by atoms with Gasteiger partial charge in [-0.1, -0.05) is 34.8 Å². The third-order valence-corrected chi connectivity index (χ3v) is 3.45. The van der Waals surface area contributed by atoms with Crippen LogP contribution in [0.2, 0.25) is 15.1 Å². The summed E-state index contributed by atoms with van der Waals surface area (Å²) in [5, 5.41) is 14.2. The van der Waals surface area contributed by atoms with Gasteiger partial charge in [0, 0.05) is 15.6 Å². The van der Waals surface area contributed by atoms with E-state index in [0.29, 0.717) is 26.3 Å². The highest BCUT2D eigenvalue weighted by molar-refractivity contribution is 6.51. The molecule has 0 spiro atoms. The number of benzene rings is 2. The van der Waals surface area contributed by atoms with Gasteiger partial charge in [0.2, 0.25) is 11.5 Å². The number of anilines is 1. The molecule has 0 radical (unpaired) electrons. The van der Waals surface area contributed by atoms with Crippen molar-refractivity contribution in [1.29, 1.82) is 5.26 Å². The molecule has 2 aromatic rings. The molecule has 0 fully saturated rings. The number of rotatable bonds is 4. The fraction of sp³-hybridized carbons (Fsp3) is 0. The lowest BCUT2D eigenvalue weighted by Gasteiger charge is -2.04. The first-order valence-electron chi connectivity index (χ1n) is 6.00. The quantitative estimate of drug-likeness (QED) is 0.487. The third-order valence-electron chi connectivity index (χ3n) is 2.65. The number of nitrogens with one attached hydrogen (secondary N) is 1. The first-order chi connectivity index (χ1) is 10.5. The summed E-state index contributed by atoms with van der Waals surface area (Å²) >= 11 is 17.5. The first kappa shape index (κ1) is 16.3. The van der Waals surface area contributed by atoms with Crippen LogP contribution in [0.4, 0.5) is 5.69 Å². The Morgan fingerprint density at radius 1 is 1.05 bits per heavy atom. The number of hydrogen-bond acceptors (Lipinski definition) is 4. The van der Waals surface area contributed by atoms with Crippen molar-refractivity contribution in [2.45, 2.75) is 0 Å². The van der Waals surface area contributed by atoms with E-state index in [4.69, 9.17) is 40.1 Å². The molecule has 0 aliphatic heterocycles. The van der Waals surface area contributed by atoms with Crippen molar-refractivity contribution in [2.24, 2.45) is 5.10 Å². The van der Waals surface area contributed by atoms with Crippen molar-refractivity contribution in [3.63, 3.8) is 0 Å². The Morgan fingerprint density at radius 3 is 2.27 bits per heavy atom. The van der Waals surface area contributed by atoms with Gasteiger partial charge in [0.15, 0.2) is 0 Å². The van der Waals surface area contributed by atoms with E-state index in [0.717, 1.165) is 0 Å². The molecule has 0 aliphatic carbocycles. The molecule has 0 bridgehead atoms. The number of nitrogens with zero attached hydrogens (tertiary/aromatic N) is 2. The molecule has 0 amide bonds. The Balaban J connectivity index is 2.22. The number of carbonyl (C=O) groups excluding carboxylic acids is 1. The molecule has 0 unspecified atom stereocenters. The fourth-order valence-electron chi connectivity index (χ4n) is 1.56. The van der Waals surface area contributed by atoms with Gasteiger partial charge >= 0.3 is 0 Å². The number of Topliss-reactive ketones (excluding diaryl/α,β-unsaturated/α-hetero) is 1. The molecular weight excluding hydrogens is 345 g/mol. The minimum Gasteiger partial charge on any atom is -0.286 e. The Bertz CT molecular complexity index is 780. The molecule has 1 N–H and O–H groups in total. The lowest BCUT2D eigenvalue weighted by molar-refractivity contribution is 0.106. The van der Waals surface area contributed by atoms with Crippen LogP contribution in [0.25, 0.3) is 0 Å². The van der Waals surface area contributed by atoms with Crippen molar-refractivity contribution in [2.75, 3.05) is 5.43 Å². The van der Waals surface area contributed by atoms with Gasteiger partial charge in [-0.25, -0.2) is 0 Å². The second kappa shape index (κ2) is 7.28. The molecule has 0 saturated heterocycles. The van der Waals surface area contributed by atoms with Gasteiger partial charge in [0.05, 0.1) is 10.7 Å². The van der Waals surface area contributed by atoms with Crippen LogP contribution in [0, 0.1) is 11.3 Å². The Morgan fingerprint density at radius 2 is 1.68 bits per heavy atom. The van der Waals surface area contributed by atoms with Gasteiger partial charge in [-0.05, 0) is 42.5 Å². The summed E-state index contributed by atoms with van der Waals surface area (Å²) in [4.78, 5) is 12.2. The molecule has 22 heavy (non-hydrogen) atoms. The van der Waals surface area contributed by atoms with E-state index in [1.165, 1.54) is 18.2 Å². The minimum absolute atomic E-state index is 0.298. The van der Waals surface area contributed by atoms with Crippen molar-refractivity contribution < 1.29 is 4.79 Å². The normalized spacial score (nSPS) is 10.9. The summed E-state index contributed by atoms with van der Waals surface area (Å²) in [7, 11) is 0. The molecule has 2 aromatic carbocycles. The third kappa shape index (κ3) is 3.99. The number of carbonyl (C=O) groups is 1. The number of ketones is 1. The first-order valence-corrected chi connectivity index (χ1v) is 7.14. The summed E-state index contributed by atoms with van der Waals surface area (Å²) < 4.78 is 0. The van der Waals surface area contributed by atoms with Gasteiger partial charge in [0.25, 0.3) is 0 Å². The molecule has 4 nitrogen and oxygen atoms in total. The van der Waals surface area contributed by atoms with E-state index in [1.807, 2.05) is 0 Å². The van der Waals surface area contributed by atoms with Gasteiger partial charge in [0.1, 0.15) is 6.07 Å². The summed E-state index contributed by atoms with van der Waals surface area (Å²) in [5.41, 5.74) is 3.03. The van der Waals surface area contributed by atoms with Crippen LogP contribution >= 0.6 is 34.8 Å². The topological polar surface area (TPSA) is 65.2 Å². The smallest absolute Gasteiger partial charge is 0.223 e. The summed E-state index contributed by atoms with van der Waals surface area (Å²) in [6, 6.07) is 12.6. The zero-order valence-corrected chi connectivity index (χ0v) is 13.2. The minimum atomic E-state index is -0.517. The standard InChI is InChI=1S/C15H8Cl3N3O/c16-10-3-1-9(2-4-10)15(22)14(8-19)21-20-13-6-5-11(17)7-12(13)18/h1-7,20H/b21-14+. The number of nitriles is 1. The molecule has 0 heterocycles. The Labute approximate surface area is 141 Å². The maximum Gasteiger partial charge on any atom is 0.223 e. The molecule has 0 saturated carbocycles. The molecule has 2 rings (SSSR count). The second-order valence-electron chi connectivity index (χ2n) is 4.14. The molecule has 0 aliphatic rings. The molecule has 7 heteroatoms. The van der Waals surface area contributed by atoms with Crippen molar-refractivity contribution >= 4 is 52.0 Å². The number of hydrazone groups is 1. The second-order valence-corrected chi connectivity index (χ2v) is 5.42. The van der Waals surface area contributed by atoms with E-state index in [9.17, 15) is 4.79 Å². The Hall–Kier alpha value is -2.06. The SMILES string of the molecule is N#C/C(=N\Nc1ccc(Cl)cc1Cl)C(=O)c1ccc(Cl)cc1. The van der Waals surface area contributed by atoms with Crippen molar-refractivity contribution in [3.05, 3.63) is 63.1 Å². The number of hydrogen-bond donors (Lipinski definition) is 1. The van der Waals surface area contributed by atoms with Gasteiger partial charge < -0.3 is 0 Å². The maximum absolute atomic E-state index is 12.2. The van der Waals surface area contributed by atoms with Crippen LogP contribution in [0.1, 0.15) is 10.4 Å². The van der Waals surface area contributed by atoms with Crippen LogP contribution in [0.3, 0.4) is 0 Å². The van der Waals surface area contributed by atoms with Crippen LogP contribution in [-0.4, -0.2) is 11.5 Å². The molecule has 110 valence electrons. The van der Waals surface area contributed by atoms with Gasteiger partial charge in [-0.3, -0.25) is 10.2 Å². The summed E-state index contributed by atoms with van der Waals surface area (Å²) in [6.45, 7) is 0. The van der Waals surface area contributed by atoms with Crippen LogP contribution in [0.15, 0.2) is 47.6 Å². The van der Waals surface area contributed by atoms with E-state index in [1.54, 1.807) is 30.3 Å². The number of halogens is 3. The highest BCUT2D eigenvalue weighted by atomic mass is 35.5. The summed E-state index contributed by atoms with van der Waals surface area (Å²) in [6.07, 6.45) is 0. The highest BCUT2D eigenvalue weighted by Gasteiger charge is 2.14. The molecule has 0 aromatic heterocycles. The van der Waals surface area contributed by atoms with E-state index < -0.39 is 5.78 Å². The fourth-order valence-corrected chi connectivity index (χ4v) is 2.14. The zero-order valence-electron chi connectivity index (χ0n) is 11.0. The van der Waals surface area contributed by atoms with Crippen molar-refractivity contribution in [3.8, 4) is 6.07 Å². The van der Waals surface area contributed by atoms with Crippen LogP contribution in [-0.2, 0) is 0 Å².